The third-order valence-corrected chi connectivity index (χ3v) is 6.10. The number of nitrogens with two attached hydrogens (primary N) is 1. The summed E-state index contributed by atoms with van der Waals surface area (Å²) in [7, 11) is 0. The van der Waals surface area contributed by atoms with Crippen LogP contribution in [0.5, 0.6) is 5.75 Å². The number of hydrogen-bond donors (Lipinski definition) is 4. The Kier molecular flexibility index (Phi) is 5.31. The summed E-state index contributed by atoms with van der Waals surface area (Å²) >= 11 is 1.37. The van der Waals surface area contributed by atoms with Crippen molar-refractivity contribution in [2.24, 2.45) is 5.73 Å². The number of carboxylic acid groups (broad SMARTS) is 1. The zero-order valence-electron chi connectivity index (χ0n) is 14.9. The van der Waals surface area contributed by atoms with Crippen LogP contribution in [0.25, 0.3) is 0 Å². The van der Waals surface area contributed by atoms with Crippen molar-refractivity contribution in [1.29, 1.82) is 5.26 Å². The molecule has 0 bridgehead atoms. The molecule has 2 aliphatic rings. The number of carboxylic acids is 1. The van der Waals surface area contributed by atoms with E-state index in [1.165, 1.54) is 34.9 Å². The summed E-state index contributed by atoms with van der Waals surface area (Å²) in [6.07, 6.45) is -0.0353. The number of β-lactam (4-membered cyclic amide) rings is 1. The van der Waals surface area contributed by atoms with Crippen LogP contribution in [0.4, 0.5) is 0 Å². The number of nitriles is 1. The van der Waals surface area contributed by atoms with Gasteiger partial charge in [-0.25, -0.2) is 4.79 Å². The molecule has 3 unspecified atom stereocenters. The van der Waals surface area contributed by atoms with Crippen LogP contribution in [0.3, 0.4) is 0 Å². The van der Waals surface area contributed by atoms with E-state index in [4.69, 9.17) is 11.0 Å². The third kappa shape index (κ3) is 3.30. The summed E-state index contributed by atoms with van der Waals surface area (Å²) in [5.74, 6) is -1.89. The summed E-state index contributed by atoms with van der Waals surface area (Å²) in [4.78, 5) is 37.6. The number of aliphatic carboxylic acids is 1. The number of carbonyl (C=O) groups excluding carboxylic acids is 2. The van der Waals surface area contributed by atoms with E-state index in [0.717, 1.165) is 0 Å². The average molecular weight is 402 g/mol. The monoisotopic (exact) mass is 402 g/mol. The molecule has 1 fully saturated rings. The molecule has 1 aromatic rings. The molecule has 0 spiro atoms. The van der Waals surface area contributed by atoms with Crippen LogP contribution in [0.15, 0.2) is 29.5 Å². The Hall–Kier alpha value is -3.03. The van der Waals surface area contributed by atoms with Crippen molar-refractivity contribution in [3.63, 3.8) is 0 Å². The molecule has 3 atom stereocenters. The largest absolute Gasteiger partial charge is 0.508 e. The van der Waals surface area contributed by atoms with Gasteiger partial charge in [0.25, 0.3) is 5.91 Å². The molecule has 1 aromatic carbocycles. The minimum absolute atomic E-state index is 0.0353. The van der Waals surface area contributed by atoms with E-state index >= 15 is 0 Å². The van der Waals surface area contributed by atoms with Crippen molar-refractivity contribution in [3.8, 4) is 11.8 Å². The fourth-order valence-corrected chi connectivity index (χ4v) is 4.49. The quantitative estimate of drug-likeness (QED) is 0.509. The fraction of sp³-hybridized carbons (Fsp3) is 0.333. The van der Waals surface area contributed by atoms with E-state index < -0.39 is 35.2 Å². The van der Waals surface area contributed by atoms with Crippen molar-refractivity contribution >= 4 is 29.5 Å². The molecule has 10 heteroatoms. The Morgan fingerprint density at radius 3 is 2.86 bits per heavy atom. The first-order valence-electron chi connectivity index (χ1n) is 8.38. The molecule has 5 N–H and O–H groups in total. The van der Waals surface area contributed by atoms with Gasteiger partial charge in [-0.05, 0) is 30.2 Å². The highest BCUT2D eigenvalue weighted by atomic mass is 32.2. The van der Waals surface area contributed by atoms with Crippen LogP contribution >= 0.6 is 11.8 Å². The van der Waals surface area contributed by atoms with E-state index in [1.54, 1.807) is 6.92 Å². The minimum atomic E-state index is -1.17. The third-order valence-electron chi connectivity index (χ3n) is 4.67. The average Bonchev–Trinajstić information content (AvgIpc) is 2.66. The van der Waals surface area contributed by atoms with Gasteiger partial charge in [0, 0.05) is 11.3 Å². The van der Waals surface area contributed by atoms with E-state index in [9.17, 15) is 24.6 Å². The maximum Gasteiger partial charge on any atom is 0.352 e. The van der Waals surface area contributed by atoms with Crippen molar-refractivity contribution in [1.82, 2.24) is 10.2 Å². The Balaban J connectivity index is 1.73. The highest BCUT2D eigenvalue weighted by Gasteiger charge is 2.53. The van der Waals surface area contributed by atoms with Gasteiger partial charge in [-0.1, -0.05) is 6.07 Å². The first-order valence-corrected chi connectivity index (χ1v) is 9.43. The topological polar surface area (TPSA) is 157 Å². The van der Waals surface area contributed by atoms with Gasteiger partial charge in [0.05, 0.1) is 12.5 Å². The lowest BCUT2D eigenvalue weighted by molar-refractivity contribution is -0.150. The highest BCUT2D eigenvalue weighted by molar-refractivity contribution is 8.00. The number of phenols is 1. The number of phenolic OH excluding ortho intramolecular Hbond substituents is 1. The van der Waals surface area contributed by atoms with Gasteiger partial charge in [-0.3, -0.25) is 14.5 Å². The number of rotatable bonds is 5. The van der Waals surface area contributed by atoms with E-state index in [-0.39, 0.29) is 17.9 Å². The second-order valence-electron chi connectivity index (χ2n) is 6.53. The van der Waals surface area contributed by atoms with Gasteiger partial charge in [0.2, 0.25) is 5.91 Å². The molecule has 9 nitrogen and oxygen atoms in total. The van der Waals surface area contributed by atoms with Crippen molar-refractivity contribution in [2.45, 2.75) is 30.8 Å². The SMILES string of the molecule is CC1=C(C(=O)O)N2C(=O)C(NC(=O)C(N)c3ccc(O)c(CC#N)c3)C2SC1. The van der Waals surface area contributed by atoms with Crippen molar-refractivity contribution in [2.75, 3.05) is 5.75 Å². The van der Waals surface area contributed by atoms with Gasteiger partial charge in [0.1, 0.15) is 28.9 Å². The summed E-state index contributed by atoms with van der Waals surface area (Å²) in [5.41, 5.74) is 7.28. The van der Waals surface area contributed by atoms with Crippen LogP contribution in [-0.4, -0.2) is 50.1 Å². The summed E-state index contributed by atoms with van der Waals surface area (Å²) in [5, 5.41) is 30.0. The van der Waals surface area contributed by atoms with Crippen LogP contribution in [-0.2, 0) is 20.8 Å². The molecule has 146 valence electrons. The molecule has 2 heterocycles. The summed E-state index contributed by atoms with van der Waals surface area (Å²) in [6, 6.07) is 4.25. The second-order valence-corrected chi connectivity index (χ2v) is 7.64. The number of nitrogens with zero attached hydrogens (tertiary/aromatic N) is 2. The molecule has 0 saturated carbocycles. The number of hydrogen-bond acceptors (Lipinski definition) is 7. The minimum Gasteiger partial charge on any atom is -0.508 e. The van der Waals surface area contributed by atoms with E-state index in [1.807, 2.05) is 6.07 Å². The van der Waals surface area contributed by atoms with Crippen molar-refractivity contribution in [3.05, 3.63) is 40.6 Å². The molecule has 1 saturated heterocycles. The standard InChI is InChI=1S/C18H18N4O5S/c1-8-7-28-17-13(16(25)22(17)14(8)18(26)27)21-15(24)12(20)10-2-3-11(23)9(6-10)4-5-19/h2-3,6,12-13,17,23H,4,7,20H2,1H3,(H,21,24)(H,26,27). The number of nitrogens with one attached hydrogen (secondary N) is 1. The Bertz CT molecular complexity index is 938. The molecular formula is C18H18N4O5S. The smallest absolute Gasteiger partial charge is 0.352 e. The lowest BCUT2D eigenvalue weighted by Crippen LogP contribution is -2.71. The predicted octanol–water partition coefficient (Wildman–Crippen LogP) is 0.217. The molecule has 3 rings (SSSR count). The Morgan fingerprint density at radius 2 is 2.21 bits per heavy atom. The Labute approximate surface area is 164 Å². The molecular weight excluding hydrogens is 384 g/mol. The van der Waals surface area contributed by atoms with Crippen LogP contribution in [0, 0.1) is 11.3 Å². The van der Waals surface area contributed by atoms with Gasteiger partial charge in [0.15, 0.2) is 0 Å². The van der Waals surface area contributed by atoms with E-state index in [2.05, 4.69) is 5.32 Å². The van der Waals surface area contributed by atoms with Gasteiger partial charge >= 0.3 is 5.97 Å². The first-order chi connectivity index (χ1) is 13.3. The predicted molar refractivity (Wildman–Crippen MR) is 99.7 cm³/mol. The maximum absolute atomic E-state index is 12.5. The molecule has 0 aliphatic carbocycles. The zero-order valence-corrected chi connectivity index (χ0v) is 15.7. The first kappa shape index (κ1) is 19.7. The number of aromatic hydroxyl groups is 1. The molecule has 0 radical (unpaired) electrons. The molecule has 28 heavy (non-hydrogen) atoms. The lowest BCUT2D eigenvalue weighted by Gasteiger charge is -2.49. The van der Waals surface area contributed by atoms with Crippen LogP contribution in [0.1, 0.15) is 24.1 Å². The number of thioether (sulfide) groups is 1. The molecule has 0 aromatic heterocycles. The summed E-state index contributed by atoms with van der Waals surface area (Å²) in [6.45, 7) is 1.66. The van der Waals surface area contributed by atoms with Gasteiger partial charge in [-0.2, -0.15) is 5.26 Å². The summed E-state index contributed by atoms with van der Waals surface area (Å²) < 4.78 is 0. The normalized spacial score (nSPS) is 22.0. The Morgan fingerprint density at radius 1 is 1.50 bits per heavy atom. The second kappa shape index (κ2) is 7.53. The highest BCUT2D eigenvalue weighted by Crippen LogP contribution is 2.40. The maximum atomic E-state index is 12.5. The van der Waals surface area contributed by atoms with Crippen LogP contribution in [0.2, 0.25) is 0 Å². The number of benzene rings is 1. The number of amides is 2. The lowest BCUT2D eigenvalue weighted by atomic mass is 9.99. The van der Waals surface area contributed by atoms with E-state index in [0.29, 0.717) is 22.5 Å². The van der Waals surface area contributed by atoms with Crippen LogP contribution < -0.4 is 11.1 Å². The van der Waals surface area contributed by atoms with Gasteiger partial charge in [-0.15, -0.1) is 11.8 Å². The molecule has 2 aliphatic heterocycles. The number of fused-ring (bicyclic) bond motifs is 1. The zero-order chi connectivity index (χ0) is 20.6. The van der Waals surface area contributed by atoms with Crippen molar-refractivity contribution < 1.29 is 24.6 Å². The van der Waals surface area contributed by atoms with Gasteiger partial charge < -0.3 is 21.3 Å². The fourth-order valence-electron chi connectivity index (χ4n) is 3.20. The number of carbonyl (C=O) groups is 3. The molecule has 2 amide bonds.